The highest BCUT2D eigenvalue weighted by molar-refractivity contribution is 8.00. The third-order valence-electron chi connectivity index (χ3n) is 5.18. The minimum Gasteiger partial charge on any atom is -0.329 e. The summed E-state index contributed by atoms with van der Waals surface area (Å²) < 4.78 is 0. The molecule has 2 atom stereocenters. The highest BCUT2D eigenvalue weighted by Crippen LogP contribution is 2.39. The van der Waals surface area contributed by atoms with Crippen molar-refractivity contribution in [1.29, 1.82) is 0 Å². The summed E-state index contributed by atoms with van der Waals surface area (Å²) in [6.45, 7) is 11.4. The molecule has 0 amide bonds. The van der Waals surface area contributed by atoms with Crippen LogP contribution in [-0.2, 0) is 0 Å². The van der Waals surface area contributed by atoms with E-state index in [0.717, 1.165) is 19.6 Å². The van der Waals surface area contributed by atoms with Gasteiger partial charge in [0.1, 0.15) is 0 Å². The zero-order valence-electron chi connectivity index (χ0n) is 12.4. The maximum atomic E-state index is 6.21. The van der Waals surface area contributed by atoms with Crippen LogP contribution < -0.4 is 5.73 Å². The van der Waals surface area contributed by atoms with Gasteiger partial charge in [-0.2, -0.15) is 11.8 Å². The molecule has 3 nitrogen and oxygen atoms in total. The fourth-order valence-electron chi connectivity index (χ4n) is 3.43. The molecule has 2 fully saturated rings. The molecule has 0 aromatic rings. The van der Waals surface area contributed by atoms with Gasteiger partial charge in [-0.1, -0.05) is 6.92 Å². The van der Waals surface area contributed by atoms with Crippen molar-refractivity contribution in [2.75, 3.05) is 39.0 Å². The van der Waals surface area contributed by atoms with Crippen LogP contribution in [0.15, 0.2) is 0 Å². The van der Waals surface area contributed by atoms with Gasteiger partial charge >= 0.3 is 0 Å². The molecular weight excluding hydrogens is 242 g/mol. The Morgan fingerprint density at radius 2 is 2.06 bits per heavy atom. The molecule has 2 N–H and O–H groups in total. The van der Waals surface area contributed by atoms with E-state index >= 15 is 0 Å². The first-order chi connectivity index (χ1) is 8.42. The van der Waals surface area contributed by atoms with Gasteiger partial charge < -0.3 is 5.73 Å². The van der Waals surface area contributed by atoms with Gasteiger partial charge in [0.05, 0.1) is 0 Å². The maximum absolute atomic E-state index is 6.21. The van der Waals surface area contributed by atoms with Gasteiger partial charge in [-0.3, -0.25) is 9.80 Å². The highest BCUT2D eigenvalue weighted by atomic mass is 32.2. The predicted molar refractivity (Wildman–Crippen MR) is 81.2 cm³/mol. The van der Waals surface area contributed by atoms with E-state index in [4.69, 9.17) is 5.73 Å². The van der Waals surface area contributed by atoms with Crippen LogP contribution in [0.25, 0.3) is 0 Å². The summed E-state index contributed by atoms with van der Waals surface area (Å²) in [5, 5.41) is 0.662. The number of likely N-dealkylation sites (N-methyl/N-ethyl adjacent to an activating group) is 1. The van der Waals surface area contributed by atoms with Gasteiger partial charge in [0.2, 0.25) is 0 Å². The van der Waals surface area contributed by atoms with Gasteiger partial charge in [-0.05, 0) is 39.5 Å². The van der Waals surface area contributed by atoms with E-state index < -0.39 is 0 Å². The van der Waals surface area contributed by atoms with Crippen LogP contribution in [0.3, 0.4) is 0 Å². The summed E-state index contributed by atoms with van der Waals surface area (Å²) in [5.74, 6) is 1.31. The Balaban J connectivity index is 2.17. The lowest BCUT2D eigenvalue weighted by molar-refractivity contribution is -0.0262. The molecular formula is C14H29N3S. The topological polar surface area (TPSA) is 32.5 Å². The van der Waals surface area contributed by atoms with Gasteiger partial charge in [-0.15, -0.1) is 0 Å². The fraction of sp³-hybridized carbons (Fsp3) is 1.00. The molecule has 0 aliphatic carbocycles. The molecule has 0 aromatic carbocycles. The quantitative estimate of drug-likeness (QED) is 0.827. The third kappa shape index (κ3) is 2.45. The average molecular weight is 271 g/mol. The zero-order chi connectivity index (χ0) is 13.4. The number of nitrogens with two attached hydrogens (primary N) is 1. The van der Waals surface area contributed by atoms with Crippen molar-refractivity contribution in [3.05, 3.63) is 0 Å². The SMILES string of the molecule is CC1SCCCC1(CN)N1CCN(C)C(C)(C)C1. The van der Waals surface area contributed by atoms with Crippen molar-refractivity contribution in [3.63, 3.8) is 0 Å². The maximum Gasteiger partial charge on any atom is 0.0448 e. The molecule has 2 heterocycles. The number of piperazine rings is 1. The van der Waals surface area contributed by atoms with Gasteiger partial charge in [0.15, 0.2) is 0 Å². The number of hydrogen-bond acceptors (Lipinski definition) is 4. The van der Waals surface area contributed by atoms with E-state index in [9.17, 15) is 0 Å². The van der Waals surface area contributed by atoms with Gasteiger partial charge in [0.25, 0.3) is 0 Å². The Hall–Kier alpha value is 0.230. The Bertz CT molecular complexity index is 295. The Morgan fingerprint density at radius 1 is 1.33 bits per heavy atom. The molecule has 4 heteroatoms. The standard InChI is InChI=1S/C14H29N3S/c1-12-14(10-15,6-5-9-18-12)17-8-7-16(4)13(2,3)11-17/h12H,5-11,15H2,1-4H3. The van der Waals surface area contributed by atoms with Crippen LogP contribution >= 0.6 is 11.8 Å². The molecule has 0 aromatic heterocycles. The van der Waals surface area contributed by atoms with E-state index in [1.807, 2.05) is 0 Å². The van der Waals surface area contributed by atoms with Crippen LogP contribution in [0, 0.1) is 0 Å². The number of thioether (sulfide) groups is 1. The number of hydrogen-bond donors (Lipinski definition) is 1. The van der Waals surface area contributed by atoms with E-state index in [2.05, 4.69) is 49.4 Å². The first kappa shape index (κ1) is 14.6. The molecule has 18 heavy (non-hydrogen) atoms. The summed E-state index contributed by atoms with van der Waals surface area (Å²) in [6, 6.07) is 0. The molecule has 0 spiro atoms. The summed E-state index contributed by atoms with van der Waals surface area (Å²) in [4.78, 5) is 5.18. The van der Waals surface area contributed by atoms with E-state index in [0.29, 0.717) is 5.25 Å². The van der Waals surface area contributed by atoms with Gasteiger partial charge in [0, 0.05) is 42.5 Å². The zero-order valence-corrected chi connectivity index (χ0v) is 13.2. The van der Waals surface area contributed by atoms with E-state index in [-0.39, 0.29) is 11.1 Å². The van der Waals surface area contributed by atoms with Crippen LogP contribution in [0.4, 0.5) is 0 Å². The molecule has 2 rings (SSSR count). The predicted octanol–water partition coefficient (Wildman–Crippen LogP) is 1.63. The summed E-state index contributed by atoms with van der Waals surface area (Å²) in [6.07, 6.45) is 2.59. The molecule has 2 aliphatic heterocycles. The molecule has 0 bridgehead atoms. The number of nitrogens with zero attached hydrogens (tertiary/aromatic N) is 2. The van der Waals surface area contributed by atoms with E-state index in [1.165, 1.54) is 25.1 Å². The molecule has 0 radical (unpaired) electrons. The van der Waals surface area contributed by atoms with Crippen molar-refractivity contribution >= 4 is 11.8 Å². The molecule has 2 unspecified atom stereocenters. The van der Waals surface area contributed by atoms with Crippen molar-refractivity contribution in [1.82, 2.24) is 9.80 Å². The minimum atomic E-state index is 0.238. The minimum absolute atomic E-state index is 0.238. The number of rotatable bonds is 2. The van der Waals surface area contributed by atoms with Crippen molar-refractivity contribution in [2.45, 2.75) is 49.9 Å². The van der Waals surface area contributed by atoms with Crippen molar-refractivity contribution < 1.29 is 0 Å². The van der Waals surface area contributed by atoms with Crippen molar-refractivity contribution in [2.24, 2.45) is 5.73 Å². The Morgan fingerprint density at radius 3 is 2.61 bits per heavy atom. The first-order valence-electron chi connectivity index (χ1n) is 7.20. The molecule has 106 valence electrons. The normalized spacial score (nSPS) is 38.8. The van der Waals surface area contributed by atoms with Crippen LogP contribution in [0.5, 0.6) is 0 Å². The summed E-state index contributed by atoms with van der Waals surface area (Å²) in [7, 11) is 2.24. The largest absolute Gasteiger partial charge is 0.329 e. The third-order valence-corrected chi connectivity index (χ3v) is 6.64. The second kappa shape index (κ2) is 5.31. The smallest absolute Gasteiger partial charge is 0.0448 e. The average Bonchev–Trinajstić information content (AvgIpc) is 2.34. The summed E-state index contributed by atoms with van der Waals surface area (Å²) >= 11 is 2.11. The van der Waals surface area contributed by atoms with Crippen molar-refractivity contribution in [3.8, 4) is 0 Å². The van der Waals surface area contributed by atoms with Gasteiger partial charge in [-0.25, -0.2) is 0 Å². The second-order valence-electron chi connectivity index (χ2n) is 6.58. The second-order valence-corrected chi connectivity index (χ2v) is 8.03. The molecule has 0 saturated carbocycles. The molecule has 2 saturated heterocycles. The monoisotopic (exact) mass is 271 g/mol. The van der Waals surface area contributed by atoms with Crippen LogP contribution in [0.2, 0.25) is 0 Å². The lowest BCUT2D eigenvalue weighted by Gasteiger charge is -2.56. The van der Waals surface area contributed by atoms with Crippen LogP contribution in [0.1, 0.15) is 33.6 Å². The summed E-state index contributed by atoms with van der Waals surface area (Å²) in [5.41, 5.74) is 6.72. The first-order valence-corrected chi connectivity index (χ1v) is 8.25. The lowest BCUT2D eigenvalue weighted by atomic mass is 9.84. The lowest BCUT2D eigenvalue weighted by Crippen LogP contribution is -2.69. The fourth-order valence-corrected chi connectivity index (χ4v) is 4.77. The van der Waals surface area contributed by atoms with Crippen LogP contribution in [-0.4, -0.2) is 65.1 Å². The molecule has 2 aliphatic rings. The Labute approximate surface area is 116 Å². The Kier molecular flexibility index (Phi) is 4.32. The van der Waals surface area contributed by atoms with E-state index in [1.54, 1.807) is 0 Å². The highest BCUT2D eigenvalue weighted by Gasteiger charge is 2.46.